The molecule has 8 heteroatoms. The van der Waals surface area contributed by atoms with Gasteiger partial charge in [0.25, 0.3) is 10.0 Å². The predicted molar refractivity (Wildman–Crippen MR) is 161 cm³/mol. The second kappa shape index (κ2) is 14.1. The third-order valence-corrected chi connectivity index (χ3v) is 8.87. The molecular weight excluding hydrogens is 522 g/mol. The Labute approximate surface area is 239 Å². The minimum atomic E-state index is -4.07. The maximum Gasteiger partial charge on any atom is 0.264 e. The molecule has 0 fully saturated rings. The van der Waals surface area contributed by atoms with Gasteiger partial charge in [-0.15, -0.1) is 0 Å². The molecule has 2 atom stereocenters. The van der Waals surface area contributed by atoms with E-state index in [9.17, 15) is 18.0 Å². The number of nitrogens with zero attached hydrogens (tertiary/aromatic N) is 2. The van der Waals surface area contributed by atoms with E-state index in [2.05, 4.69) is 5.32 Å². The summed E-state index contributed by atoms with van der Waals surface area (Å²) in [6.07, 6.45) is 1.70. The maximum absolute atomic E-state index is 14.0. The number of anilines is 1. The number of nitrogens with one attached hydrogen (secondary N) is 1. The summed E-state index contributed by atoms with van der Waals surface area (Å²) in [4.78, 5) is 29.0. The molecule has 3 rings (SSSR count). The standard InChI is InChI=1S/C32H41N3O4S/c1-6-26(5)33-32(37)30(7-2)34(22-21-27-11-9-8-10-12-27)31(36)23-35(28-17-13-24(3)14-18-28)40(38,39)29-19-15-25(4)16-20-29/h8-20,26,30H,6-7,21-23H2,1-5H3,(H,33,37). The predicted octanol–water partition coefficient (Wildman–Crippen LogP) is 5.26. The van der Waals surface area contributed by atoms with Crippen LogP contribution in [0.1, 0.15) is 50.3 Å². The molecule has 0 radical (unpaired) electrons. The Hall–Kier alpha value is -3.65. The van der Waals surface area contributed by atoms with Crippen molar-refractivity contribution in [2.24, 2.45) is 0 Å². The second-order valence-corrected chi connectivity index (χ2v) is 12.1. The van der Waals surface area contributed by atoms with Gasteiger partial charge < -0.3 is 10.2 Å². The van der Waals surface area contributed by atoms with Crippen LogP contribution in [-0.2, 0) is 26.0 Å². The van der Waals surface area contributed by atoms with E-state index >= 15 is 0 Å². The van der Waals surface area contributed by atoms with Gasteiger partial charge in [0.1, 0.15) is 12.6 Å². The first-order chi connectivity index (χ1) is 19.1. The zero-order valence-electron chi connectivity index (χ0n) is 24.1. The molecule has 2 unspecified atom stereocenters. The molecule has 0 aliphatic carbocycles. The van der Waals surface area contributed by atoms with Gasteiger partial charge in [-0.3, -0.25) is 13.9 Å². The Morgan fingerprint density at radius 2 is 1.40 bits per heavy atom. The Morgan fingerprint density at radius 3 is 1.95 bits per heavy atom. The van der Waals surface area contributed by atoms with Crippen LogP contribution < -0.4 is 9.62 Å². The maximum atomic E-state index is 14.0. The van der Waals surface area contributed by atoms with Crippen molar-refractivity contribution in [3.63, 3.8) is 0 Å². The minimum Gasteiger partial charge on any atom is -0.352 e. The molecule has 214 valence electrons. The van der Waals surface area contributed by atoms with Crippen molar-refractivity contribution in [2.45, 2.75) is 70.9 Å². The molecule has 40 heavy (non-hydrogen) atoms. The first kappa shape index (κ1) is 30.9. The summed E-state index contributed by atoms with van der Waals surface area (Å²) in [5.41, 5.74) is 3.32. The number of hydrogen-bond acceptors (Lipinski definition) is 4. The molecule has 0 aliphatic heterocycles. The summed E-state index contributed by atoms with van der Waals surface area (Å²) in [6.45, 7) is 9.43. The van der Waals surface area contributed by atoms with E-state index in [1.807, 2.05) is 77.1 Å². The van der Waals surface area contributed by atoms with Crippen LogP contribution in [0.3, 0.4) is 0 Å². The van der Waals surface area contributed by atoms with Crippen LogP contribution in [-0.4, -0.2) is 50.3 Å². The van der Waals surface area contributed by atoms with Gasteiger partial charge in [0.2, 0.25) is 11.8 Å². The van der Waals surface area contributed by atoms with E-state index < -0.39 is 28.5 Å². The monoisotopic (exact) mass is 563 g/mol. The quantitative estimate of drug-likeness (QED) is 0.307. The number of carbonyl (C=O) groups is 2. The van der Waals surface area contributed by atoms with Gasteiger partial charge in [-0.05, 0) is 69.9 Å². The second-order valence-electron chi connectivity index (χ2n) is 10.2. The van der Waals surface area contributed by atoms with Crippen LogP contribution in [0.25, 0.3) is 0 Å². The molecule has 0 aromatic heterocycles. The molecule has 0 bridgehead atoms. The SMILES string of the molecule is CCC(C)NC(=O)C(CC)N(CCc1ccccc1)C(=O)CN(c1ccc(C)cc1)S(=O)(=O)c1ccc(C)cc1. The summed E-state index contributed by atoms with van der Waals surface area (Å²) in [5, 5.41) is 3.00. The number of rotatable bonds is 13. The van der Waals surface area contributed by atoms with Crippen molar-refractivity contribution in [3.8, 4) is 0 Å². The Bertz CT molecular complexity index is 1360. The Balaban J connectivity index is 2.00. The van der Waals surface area contributed by atoms with Gasteiger partial charge in [-0.2, -0.15) is 0 Å². The molecule has 2 amide bonds. The number of carbonyl (C=O) groups excluding carboxylic acids is 2. The molecule has 3 aromatic carbocycles. The summed E-state index contributed by atoms with van der Waals surface area (Å²) in [6, 6.07) is 22.6. The van der Waals surface area contributed by atoms with E-state index in [0.717, 1.165) is 27.4 Å². The average Bonchev–Trinajstić information content (AvgIpc) is 2.95. The largest absolute Gasteiger partial charge is 0.352 e. The minimum absolute atomic E-state index is 0.0430. The number of sulfonamides is 1. The molecule has 0 spiro atoms. The highest BCUT2D eigenvalue weighted by molar-refractivity contribution is 7.92. The number of amides is 2. The first-order valence-electron chi connectivity index (χ1n) is 13.9. The van der Waals surface area contributed by atoms with Crippen molar-refractivity contribution in [3.05, 3.63) is 95.6 Å². The molecular formula is C32H41N3O4S. The zero-order chi connectivity index (χ0) is 29.3. The normalized spacial score (nSPS) is 12.8. The third-order valence-electron chi connectivity index (χ3n) is 7.08. The van der Waals surface area contributed by atoms with E-state index in [0.29, 0.717) is 18.5 Å². The van der Waals surface area contributed by atoms with Crippen LogP contribution >= 0.6 is 0 Å². The molecule has 7 nitrogen and oxygen atoms in total. The molecule has 0 heterocycles. The molecule has 0 saturated carbocycles. The van der Waals surface area contributed by atoms with Gasteiger partial charge in [0.05, 0.1) is 10.6 Å². The highest BCUT2D eigenvalue weighted by Crippen LogP contribution is 2.25. The van der Waals surface area contributed by atoms with Crippen molar-refractivity contribution < 1.29 is 18.0 Å². The van der Waals surface area contributed by atoms with Crippen LogP contribution in [0.2, 0.25) is 0 Å². The summed E-state index contributed by atoms with van der Waals surface area (Å²) in [7, 11) is -4.07. The lowest BCUT2D eigenvalue weighted by molar-refractivity contribution is -0.139. The molecule has 0 aliphatic rings. The highest BCUT2D eigenvalue weighted by Gasteiger charge is 2.33. The average molecular weight is 564 g/mol. The van der Waals surface area contributed by atoms with Crippen LogP contribution in [0, 0.1) is 13.8 Å². The fourth-order valence-corrected chi connectivity index (χ4v) is 5.83. The van der Waals surface area contributed by atoms with Gasteiger partial charge >= 0.3 is 0 Å². The van der Waals surface area contributed by atoms with E-state index in [4.69, 9.17) is 0 Å². The van der Waals surface area contributed by atoms with Crippen molar-refractivity contribution in [2.75, 3.05) is 17.4 Å². The van der Waals surface area contributed by atoms with E-state index in [1.54, 1.807) is 36.4 Å². The van der Waals surface area contributed by atoms with Crippen LogP contribution in [0.15, 0.2) is 83.8 Å². The van der Waals surface area contributed by atoms with Crippen molar-refractivity contribution in [1.82, 2.24) is 10.2 Å². The fourth-order valence-electron chi connectivity index (χ4n) is 4.41. The first-order valence-corrected chi connectivity index (χ1v) is 15.3. The zero-order valence-corrected chi connectivity index (χ0v) is 24.9. The van der Waals surface area contributed by atoms with Crippen molar-refractivity contribution >= 4 is 27.5 Å². The van der Waals surface area contributed by atoms with E-state index in [1.165, 1.54) is 4.90 Å². The molecule has 0 saturated heterocycles. The summed E-state index contributed by atoms with van der Waals surface area (Å²) >= 11 is 0. The lowest BCUT2D eigenvalue weighted by atomic mass is 10.1. The fraction of sp³-hybridized carbons (Fsp3) is 0.375. The van der Waals surface area contributed by atoms with Crippen molar-refractivity contribution in [1.29, 1.82) is 0 Å². The Morgan fingerprint density at radius 1 is 0.825 bits per heavy atom. The summed E-state index contributed by atoms with van der Waals surface area (Å²) < 4.78 is 28.9. The summed E-state index contributed by atoms with van der Waals surface area (Å²) in [5.74, 6) is -0.667. The van der Waals surface area contributed by atoms with Gasteiger partial charge in [0.15, 0.2) is 0 Å². The van der Waals surface area contributed by atoms with Gasteiger partial charge in [-0.25, -0.2) is 8.42 Å². The van der Waals surface area contributed by atoms with Crippen LogP contribution in [0.5, 0.6) is 0 Å². The number of benzene rings is 3. The number of aryl methyl sites for hydroxylation is 2. The Kier molecular flexibility index (Phi) is 10.9. The molecule has 1 N–H and O–H groups in total. The van der Waals surface area contributed by atoms with Gasteiger partial charge in [0, 0.05) is 12.6 Å². The highest BCUT2D eigenvalue weighted by atomic mass is 32.2. The topological polar surface area (TPSA) is 86.8 Å². The third kappa shape index (κ3) is 7.94. The smallest absolute Gasteiger partial charge is 0.264 e. The lowest BCUT2D eigenvalue weighted by Crippen LogP contribution is -2.54. The van der Waals surface area contributed by atoms with Crippen LogP contribution in [0.4, 0.5) is 5.69 Å². The van der Waals surface area contributed by atoms with E-state index in [-0.39, 0.29) is 23.4 Å². The lowest BCUT2D eigenvalue weighted by Gasteiger charge is -2.33. The van der Waals surface area contributed by atoms with Gasteiger partial charge in [-0.1, -0.05) is 79.6 Å². The molecule has 3 aromatic rings. The number of hydrogen-bond donors (Lipinski definition) is 1.